The summed E-state index contributed by atoms with van der Waals surface area (Å²) in [6.07, 6.45) is -0.580. The summed E-state index contributed by atoms with van der Waals surface area (Å²) in [4.78, 5) is 64.8. The van der Waals surface area contributed by atoms with Gasteiger partial charge in [0.25, 0.3) is 0 Å². The van der Waals surface area contributed by atoms with Gasteiger partial charge in [0, 0.05) is 19.3 Å². The smallest absolute Gasteiger partial charge is 0.409 e. The van der Waals surface area contributed by atoms with Crippen LogP contribution in [0, 0.1) is 0 Å². The molecule has 0 spiro atoms. The standard InChI is InChI=1S/C28H42N5O11P/c1-6-42-45(40,43-7-2)19-21(24(35)36)33(16-14-29-26(38)44-28(3,4)5)23(34)17-32-15-13-22(30-25(32)37)31-27(39)41-18-20-11-9-8-10-12-20/h8-13,15,21-22H,6-7,14,16-19H2,1-5H3,(H,29,38)(H,30,37)(H,31,39)(H,35,36). The van der Waals surface area contributed by atoms with Crippen molar-refractivity contribution in [2.45, 2.75) is 59.0 Å². The van der Waals surface area contributed by atoms with Gasteiger partial charge >= 0.3 is 31.8 Å². The van der Waals surface area contributed by atoms with Gasteiger partial charge in [0.2, 0.25) is 5.91 Å². The number of urea groups is 1. The molecule has 2 atom stereocenters. The lowest BCUT2D eigenvalue weighted by atomic mass is 10.2. The molecule has 5 amide bonds. The Kier molecular flexibility index (Phi) is 14.3. The molecule has 0 saturated heterocycles. The molecule has 0 fully saturated rings. The predicted octanol–water partition coefficient (Wildman–Crippen LogP) is 2.85. The number of carboxylic acid groups (broad SMARTS) is 1. The number of aliphatic carboxylic acids is 1. The van der Waals surface area contributed by atoms with Crippen LogP contribution < -0.4 is 16.0 Å². The minimum Gasteiger partial charge on any atom is -0.480 e. The summed E-state index contributed by atoms with van der Waals surface area (Å²) in [5, 5.41) is 17.4. The molecule has 1 aliphatic rings. The number of carbonyl (C=O) groups is 5. The SMILES string of the molecule is CCOP(=O)(CC(C(=O)O)N(CCNC(=O)OC(C)(C)C)C(=O)CN1C=CC(NC(=O)OCc2ccccc2)NC1=O)OCC. The van der Waals surface area contributed by atoms with E-state index in [-0.39, 0.29) is 32.9 Å². The zero-order valence-corrected chi connectivity index (χ0v) is 26.9. The Bertz CT molecular complexity index is 1250. The van der Waals surface area contributed by atoms with Crippen molar-refractivity contribution in [3.63, 3.8) is 0 Å². The number of alkyl carbamates (subject to hydrolysis) is 2. The van der Waals surface area contributed by atoms with Crippen LogP contribution in [0.2, 0.25) is 0 Å². The molecular weight excluding hydrogens is 613 g/mol. The zero-order chi connectivity index (χ0) is 33.6. The summed E-state index contributed by atoms with van der Waals surface area (Å²) < 4.78 is 34.0. The molecule has 1 heterocycles. The van der Waals surface area contributed by atoms with Gasteiger partial charge in [-0.15, -0.1) is 0 Å². The van der Waals surface area contributed by atoms with Gasteiger partial charge in [-0.05, 0) is 46.3 Å². The lowest BCUT2D eigenvalue weighted by molar-refractivity contribution is -0.149. The number of ether oxygens (including phenoxy) is 2. The van der Waals surface area contributed by atoms with Gasteiger partial charge in [0.05, 0.1) is 19.4 Å². The highest BCUT2D eigenvalue weighted by Gasteiger charge is 2.39. The summed E-state index contributed by atoms with van der Waals surface area (Å²) in [6.45, 7) is 6.84. The number of amides is 5. The number of hydrogen-bond acceptors (Lipinski definition) is 10. The molecule has 0 saturated carbocycles. The van der Waals surface area contributed by atoms with E-state index in [2.05, 4.69) is 16.0 Å². The van der Waals surface area contributed by atoms with Gasteiger partial charge in [0.15, 0.2) is 0 Å². The first-order valence-electron chi connectivity index (χ1n) is 14.3. The molecule has 1 aliphatic heterocycles. The number of carbonyl (C=O) groups excluding carboxylic acids is 4. The van der Waals surface area contributed by atoms with Gasteiger partial charge in [-0.3, -0.25) is 19.6 Å². The largest absolute Gasteiger partial charge is 0.480 e. The van der Waals surface area contributed by atoms with E-state index < -0.39 is 68.2 Å². The van der Waals surface area contributed by atoms with E-state index in [4.69, 9.17) is 18.5 Å². The third-order valence-electron chi connectivity index (χ3n) is 5.84. The second-order valence-electron chi connectivity index (χ2n) is 10.6. The minimum absolute atomic E-state index is 0.0145. The number of benzene rings is 1. The summed E-state index contributed by atoms with van der Waals surface area (Å²) in [5.74, 6) is -2.35. The maximum absolute atomic E-state index is 13.5. The van der Waals surface area contributed by atoms with Crippen LogP contribution in [0.15, 0.2) is 42.6 Å². The molecule has 250 valence electrons. The Morgan fingerprint density at radius 1 is 1.09 bits per heavy atom. The summed E-state index contributed by atoms with van der Waals surface area (Å²) >= 11 is 0. The first kappa shape index (κ1) is 37.0. The molecule has 0 bridgehead atoms. The highest BCUT2D eigenvalue weighted by molar-refractivity contribution is 7.54. The number of nitrogens with zero attached hydrogens (tertiary/aromatic N) is 2. The van der Waals surface area contributed by atoms with Crippen LogP contribution in [-0.4, -0.2) is 102 Å². The lowest BCUT2D eigenvalue weighted by Gasteiger charge is -2.33. The molecule has 17 heteroatoms. The quantitative estimate of drug-likeness (QED) is 0.191. The normalized spacial score (nSPS) is 15.4. The fraction of sp³-hybridized carbons (Fsp3) is 0.536. The fourth-order valence-electron chi connectivity index (χ4n) is 3.96. The topological polar surface area (TPSA) is 202 Å². The monoisotopic (exact) mass is 655 g/mol. The third-order valence-corrected chi connectivity index (χ3v) is 7.94. The second-order valence-corrected chi connectivity index (χ2v) is 12.7. The van der Waals surface area contributed by atoms with E-state index in [0.29, 0.717) is 0 Å². The Labute approximate surface area is 261 Å². The molecule has 1 aromatic carbocycles. The first-order chi connectivity index (χ1) is 21.2. The molecule has 2 rings (SSSR count). The van der Waals surface area contributed by atoms with E-state index >= 15 is 0 Å². The van der Waals surface area contributed by atoms with Crippen molar-refractivity contribution in [1.82, 2.24) is 25.8 Å². The number of rotatable bonds is 16. The van der Waals surface area contributed by atoms with Crippen LogP contribution in [0.1, 0.15) is 40.2 Å². The van der Waals surface area contributed by atoms with Gasteiger partial charge in [-0.1, -0.05) is 30.3 Å². The second kappa shape index (κ2) is 17.4. The van der Waals surface area contributed by atoms with E-state index in [1.54, 1.807) is 58.9 Å². The van der Waals surface area contributed by atoms with Gasteiger partial charge < -0.3 is 39.2 Å². The van der Waals surface area contributed by atoms with Crippen LogP contribution in [0.4, 0.5) is 14.4 Å². The number of hydrogen-bond donors (Lipinski definition) is 4. The maximum atomic E-state index is 13.5. The van der Waals surface area contributed by atoms with Crippen molar-refractivity contribution in [3.8, 4) is 0 Å². The maximum Gasteiger partial charge on any atom is 0.409 e. The molecule has 45 heavy (non-hydrogen) atoms. The Morgan fingerprint density at radius 2 is 1.73 bits per heavy atom. The molecule has 2 unspecified atom stereocenters. The average molecular weight is 656 g/mol. The molecule has 0 radical (unpaired) electrons. The van der Waals surface area contributed by atoms with Crippen molar-refractivity contribution in [3.05, 3.63) is 48.2 Å². The van der Waals surface area contributed by atoms with Crippen LogP contribution in [0.25, 0.3) is 0 Å². The van der Waals surface area contributed by atoms with Gasteiger partial charge in [-0.2, -0.15) is 0 Å². The van der Waals surface area contributed by atoms with E-state index in [0.717, 1.165) is 15.4 Å². The minimum atomic E-state index is -3.95. The number of nitrogens with one attached hydrogen (secondary N) is 3. The molecule has 0 aliphatic carbocycles. The van der Waals surface area contributed by atoms with Crippen molar-refractivity contribution >= 4 is 37.7 Å². The molecule has 1 aromatic rings. The Hall–Kier alpha value is -4.14. The van der Waals surface area contributed by atoms with E-state index in [9.17, 15) is 33.6 Å². The Morgan fingerprint density at radius 3 is 2.29 bits per heavy atom. The predicted molar refractivity (Wildman–Crippen MR) is 161 cm³/mol. The molecule has 4 N–H and O–H groups in total. The lowest BCUT2D eigenvalue weighted by Crippen LogP contribution is -2.57. The van der Waals surface area contributed by atoms with Crippen molar-refractivity contribution in [1.29, 1.82) is 0 Å². The van der Waals surface area contributed by atoms with Crippen LogP contribution in [-0.2, 0) is 39.3 Å². The Balaban J connectivity index is 2.14. The highest BCUT2D eigenvalue weighted by atomic mass is 31.2. The van der Waals surface area contributed by atoms with Gasteiger partial charge in [-0.25, -0.2) is 19.2 Å². The van der Waals surface area contributed by atoms with Crippen molar-refractivity contribution < 1.29 is 52.2 Å². The fourth-order valence-corrected chi connectivity index (χ4v) is 5.81. The van der Waals surface area contributed by atoms with Crippen molar-refractivity contribution in [2.75, 3.05) is 39.0 Å². The number of carboxylic acids is 1. The van der Waals surface area contributed by atoms with Crippen molar-refractivity contribution in [2.24, 2.45) is 0 Å². The van der Waals surface area contributed by atoms with Crippen LogP contribution in [0.5, 0.6) is 0 Å². The molecule has 0 aromatic heterocycles. The van der Waals surface area contributed by atoms with Crippen LogP contribution >= 0.6 is 7.60 Å². The average Bonchev–Trinajstić information content (AvgIpc) is 2.94. The van der Waals surface area contributed by atoms with Gasteiger partial charge in [0.1, 0.15) is 31.0 Å². The zero-order valence-electron chi connectivity index (χ0n) is 26.0. The highest BCUT2D eigenvalue weighted by Crippen LogP contribution is 2.49. The van der Waals surface area contributed by atoms with Crippen LogP contribution in [0.3, 0.4) is 0 Å². The van der Waals surface area contributed by atoms with E-state index in [1.165, 1.54) is 12.3 Å². The van der Waals surface area contributed by atoms with E-state index in [1.807, 2.05) is 6.07 Å². The third kappa shape index (κ3) is 13.2. The summed E-state index contributed by atoms with van der Waals surface area (Å²) in [5.41, 5.74) is -0.0330. The molecular formula is C28H42N5O11P. The summed E-state index contributed by atoms with van der Waals surface area (Å²) in [7, 11) is -3.95. The summed E-state index contributed by atoms with van der Waals surface area (Å²) in [6, 6.07) is 6.50. The molecule has 16 nitrogen and oxygen atoms in total. The first-order valence-corrected chi connectivity index (χ1v) is 16.0.